The summed E-state index contributed by atoms with van der Waals surface area (Å²) in [6.45, 7) is 8.68. The molecule has 0 spiro atoms. The Labute approximate surface area is 103 Å². The molecule has 0 radical (unpaired) electrons. The van der Waals surface area contributed by atoms with E-state index in [1.54, 1.807) is 0 Å². The molecule has 1 rings (SSSR count). The van der Waals surface area contributed by atoms with Gasteiger partial charge in [0.1, 0.15) is 0 Å². The molecule has 0 aliphatic carbocycles. The number of nitrogens with two attached hydrogens (primary N) is 1. The van der Waals surface area contributed by atoms with Crippen LogP contribution in [0.3, 0.4) is 0 Å². The minimum atomic E-state index is 0. The summed E-state index contributed by atoms with van der Waals surface area (Å²) in [4.78, 5) is 1.30. The molecule has 1 nitrogen and oxygen atoms in total. The van der Waals surface area contributed by atoms with E-state index in [0.717, 1.165) is 0 Å². The Hall–Kier alpha value is -0.180. The third-order valence-electron chi connectivity index (χ3n) is 1.83. The molecule has 1 aromatic carbocycles. The molecule has 1 aromatic rings. The van der Waals surface area contributed by atoms with Crippen LogP contribution in [0.25, 0.3) is 0 Å². The van der Waals surface area contributed by atoms with Crippen LogP contribution in [-0.2, 0) is 0 Å². The van der Waals surface area contributed by atoms with E-state index in [2.05, 4.69) is 39.0 Å². The predicted molar refractivity (Wildman–Crippen MR) is 71.9 cm³/mol. The highest BCUT2D eigenvalue weighted by molar-refractivity contribution is 8.00. The summed E-state index contributed by atoms with van der Waals surface area (Å²) < 4.78 is 0.241. The number of hydrogen-bond acceptors (Lipinski definition) is 2. The van der Waals surface area contributed by atoms with Crippen LogP contribution in [0, 0.1) is 0 Å². The van der Waals surface area contributed by atoms with Gasteiger partial charge in [-0.2, -0.15) is 0 Å². The normalized spacial score (nSPS) is 13.1. The number of benzene rings is 1. The van der Waals surface area contributed by atoms with E-state index in [-0.39, 0.29) is 23.2 Å². The quantitative estimate of drug-likeness (QED) is 0.797. The lowest BCUT2D eigenvalue weighted by Crippen LogP contribution is -2.11. The van der Waals surface area contributed by atoms with Gasteiger partial charge in [-0.05, 0) is 18.6 Å². The van der Waals surface area contributed by atoms with Gasteiger partial charge in [0.05, 0.1) is 0 Å². The highest BCUT2D eigenvalue weighted by Crippen LogP contribution is 2.35. The van der Waals surface area contributed by atoms with Gasteiger partial charge in [-0.3, -0.25) is 0 Å². The number of hydrogen-bond donors (Lipinski definition) is 1. The third-order valence-corrected chi connectivity index (χ3v) is 3.03. The zero-order valence-electron chi connectivity index (χ0n) is 9.78. The Morgan fingerprint density at radius 1 is 1.20 bits per heavy atom. The summed E-state index contributed by atoms with van der Waals surface area (Å²) in [7, 11) is 0. The van der Waals surface area contributed by atoms with E-state index in [4.69, 9.17) is 5.73 Å². The fraction of sp³-hybridized carbons (Fsp3) is 0.500. The van der Waals surface area contributed by atoms with Crippen molar-refractivity contribution in [3.63, 3.8) is 0 Å². The van der Waals surface area contributed by atoms with Crippen molar-refractivity contribution >= 4 is 24.2 Å². The molecule has 0 amide bonds. The molecular formula is C12H20ClNS. The van der Waals surface area contributed by atoms with Gasteiger partial charge in [0, 0.05) is 15.7 Å². The van der Waals surface area contributed by atoms with Crippen LogP contribution < -0.4 is 5.73 Å². The first-order chi connectivity index (χ1) is 6.40. The SMILES string of the molecule is C[C@H](N)c1ccccc1SC(C)(C)C.Cl. The van der Waals surface area contributed by atoms with Crippen molar-refractivity contribution in [3.8, 4) is 0 Å². The van der Waals surface area contributed by atoms with Crippen molar-refractivity contribution in [1.29, 1.82) is 0 Å². The van der Waals surface area contributed by atoms with Gasteiger partial charge < -0.3 is 5.73 Å². The van der Waals surface area contributed by atoms with Crippen LogP contribution in [0.4, 0.5) is 0 Å². The summed E-state index contributed by atoms with van der Waals surface area (Å²) in [5.74, 6) is 0. The van der Waals surface area contributed by atoms with E-state index < -0.39 is 0 Å². The zero-order chi connectivity index (χ0) is 10.8. The molecule has 15 heavy (non-hydrogen) atoms. The van der Waals surface area contributed by atoms with Crippen LogP contribution in [0.5, 0.6) is 0 Å². The fourth-order valence-electron chi connectivity index (χ4n) is 1.28. The molecule has 0 saturated carbocycles. The zero-order valence-corrected chi connectivity index (χ0v) is 11.4. The topological polar surface area (TPSA) is 26.0 Å². The monoisotopic (exact) mass is 245 g/mol. The molecule has 0 aliphatic heterocycles. The van der Waals surface area contributed by atoms with Crippen LogP contribution in [0.2, 0.25) is 0 Å². The minimum Gasteiger partial charge on any atom is -0.324 e. The first-order valence-electron chi connectivity index (χ1n) is 4.93. The molecule has 0 aromatic heterocycles. The highest BCUT2D eigenvalue weighted by Gasteiger charge is 2.15. The lowest BCUT2D eigenvalue weighted by Gasteiger charge is -2.21. The predicted octanol–water partition coefficient (Wildman–Crippen LogP) is 4.02. The van der Waals surface area contributed by atoms with Crippen molar-refractivity contribution in [3.05, 3.63) is 29.8 Å². The lowest BCUT2D eigenvalue weighted by atomic mass is 10.1. The number of thioether (sulfide) groups is 1. The van der Waals surface area contributed by atoms with Gasteiger partial charge in [-0.1, -0.05) is 39.0 Å². The second-order valence-electron chi connectivity index (χ2n) is 4.54. The first kappa shape index (κ1) is 14.8. The van der Waals surface area contributed by atoms with Crippen LogP contribution in [-0.4, -0.2) is 4.75 Å². The standard InChI is InChI=1S/C12H19NS.ClH/c1-9(13)10-7-5-6-8-11(10)14-12(2,3)4;/h5-9H,13H2,1-4H3;1H/t9-;/m0./s1. The second-order valence-corrected chi connectivity index (χ2v) is 6.41. The Bertz CT molecular complexity index is 305. The van der Waals surface area contributed by atoms with Gasteiger partial charge in [0.15, 0.2) is 0 Å². The molecule has 0 heterocycles. The smallest absolute Gasteiger partial charge is 0.0277 e. The average Bonchev–Trinajstić information content (AvgIpc) is 2.01. The summed E-state index contributed by atoms with van der Waals surface area (Å²) in [6.07, 6.45) is 0. The molecule has 0 saturated heterocycles. The van der Waals surface area contributed by atoms with Crippen molar-refractivity contribution in [2.24, 2.45) is 5.73 Å². The van der Waals surface area contributed by atoms with Gasteiger partial charge in [0.25, 0.3) is 0 Å². The number of halogens is 1. The first-order valence-corrected chi connectivity index (χ1v) is 5.75. The van der Waals surface area contributed by atoms with E-state index in [1.165, 1.54) is 10.5 Å². The van der Waals surface area contributed by atoms with E-state index in [1.807, 2.05) is 24.8 Å². The molecule has 0 fully saturated rings. The largest absolute Gasteiger partial charge is 0.324 e. The van der Waals surface area contributed by atoms with Crippen LogP contribution in [0.15, 0.2) is 29.2 Å². The Morgan fingerprint density at radius 2 is 1.73 bits per heavy atom. The highest BCUT2D eigenvalue weighted by atomic mass is 35.5. The third kappa shape index (κ3) is 4.92. The molecule has 3 heteroatoms. The van der Waals surface area contributed by atoms with Gasteiger partial charge in [-0.15, -0.1) is 24.2 Å². The van der Waals surface area contributed by atoms with Crippen molar-refractivity contribution < 1.29 is 0 Å². The molecule has 1 atom stereocenters. The fourth-order valence-corrected chi connectivity index (χ4v) is 2.46. The maximum Gasteiger partial charge on any atom is 0.0277 e. The molecule has 0 unspecified atom stereocenters. The van der Waals surface area contributed by atoms with Crippen LogP contribution in [0.1, 0.15) is 39.3 Å². The minimum absolute atomic E-state index is 0. The van der Waals surface area contributed by atoms with Gasteiger partial charge in [0.2, 0.25) is 0 Å². The van der Waals surface area contributed by atoms with Crippen molar-refractivity contribution in [1.82, 2.24) is 0 Å². The second kappa shape index (κ2) is 5.78. The summed E-state index contributed by atoms with van der Waals surface area (Å²) >= 11 is 1.88. The van der Waals surface area contributed by atoms with Crippen LogP contribution >= 0.6 is 24.2 Å². The van der Waals surface area contributed by atoms with Crippen molar-refractivity contribution in [2.45, 2.75) is 43.4 Å². The van der Waals surface area contributed by atoms with E-state index >= 15 is 0 Å². The van der Waals surface area contributed by atoms with E-state index in [9.17, 15) is 0 Å². The number of rotatable bonds is 2. The molecular weight excluding hydrogens is 226 g/mol. The lowest BCUT2D eigenvalue weighted by molar-refractivity contribution is 0.781. The van der Waals surface area contributed by atoms with Gasteiger partial charge >= 0.3 is 0 Å². The maximum atomic E-state index is 5.92. The maximum absolute atomic E-state index is 5.92. The Balaban J connectivity index is 0.00000196. The molecule has 86 valence electrons. The summed E-state index contributed by atoms with van der Waals surface area (Å²) in [5, 5.41) is 0. The van der Waals surface area contributed by atoms with Gasteiger partial charge in [-0.25, -0.2) is 0 Å². The molecule has 2 N–H and O–H groups in total. The summed E-state index contributed by atoms with van der Waals surface area (Å²) in [6, 6.07) is 8.49. The summed E-state index contributed by atoms with van der Waals surface area (Å²) in [5.41, 5.74) is 7.16. The Kier molecular flexibility index (Phi) is 5.71. The molecule has 0 bridgehead atoms. The van der Waals surface area contributed by atoms with Crippen molar-refractivity contribution in [2.75, 3.05) is 0 Å². The average molecular weight is 246 g/mol. The van der Waals surface area contributed by atoms with E-state index in [0.29, 0.717) is 0 Å². The Morgan fingerprint density at radius 3 is 2.20 bits per heavy atom. The molecule has 0 aliphatic rings.